The molecule has 5 aromatic heterocycles. The Kier molecular flexibility index (Phi) is 6.57. The van der Waals surface area contributed by atoms with E-state index in [1.807, 2.05) is 79.0 Å². The second-order valence-corrected chi connectivity index (χ2v) is 9.76. The average Bonchev–Trinajstić information content (AvgIpc) is 3.67. The zero-order chi connectivity index (χ0) is 27.2. The van der Waals surface area contributed by atoms with Gasteiger partial charge in [0.1, 0.15) is 11.1 Å². The molecule has 9 rings (SSSR count). The van der Waals surface area contributed by atoms with Gasteiger partial charge in [0.15, 0.2) is 5.58 Å². The molecule has 42 heavy (non-hydrogen) atoms. The number of fused-ring (bicyclic) bond motifs is 9. The first-order valence-corrected chi connectivity index (χ1v) is 13.3. The van der Waals surface area contributed by atoms with Crippen LogP contribution in [0.1, 0.15) is 0 Å². The van der Waals surface area contributed by atoms with Gasteiger partial charge in [0.25, 0.3) is 0 Å². The van der Waals surface area contributed by atoms with Gasteiger partial charge in [-0.2, -0.15) is 6.20 Å². The molecule has 0 amide bonds. The van der Waals surface area contributed by atoms with E-state index in [-0.39, 0.29) is 19.5 Å². The number of rotatable bonds is 1. The molecule has 0 saturated carbocycles. The minimum Gasteiger partial charge on any atom is -0.663 e. The van der Waals surface area contributed by atoms with Crippen molar-refractivity contribution >= 4 is 71.1 Å². The molecule has 0 radical (unpaired) electrons. The summed E-state index contributed by atoms with van der Waals surface area (Å²) in [4.78, 5) is 22.5. The zero-order valence-corrected chi connectivity index (χ0v) is 25.4. The van der Waals surface area contributed by atoms with Crippen molar-refractivity contribution in [1.82, 2.24) is 19.9 Å². The number of hydrogen-bond donors (Lipinski definition) is 0. The Balaban J connectivity index is 0.000000134. The van der Waals surface area contributed by atoms with E-state index in [0.29, 0.717) is 11.3 Å². The molecule has 0 aliphatic heterocycles. The predicted molar refractivity (Wildman–Crippen MR) is 164 cm³/mol. The molecule has 0 N–H and O–H groups in total. The van der Waals surface area contributed by atoms with E-state index in [1.165, 1.54) is 0 Å². The normalized spacial score (nSPS) is 11.8. The summed E-state index contributed by atoms with van der Waals surface area (Å²) >= 11 is 0. The summed E-state index contributed by atoms with van der Waals surface area (Å²) in [6, 6.07) is 34.4. The van der Waals surface area contributed by atoms with Gasteiger partial charge in [0, 0.05) is 17.8 Å². The molecule has 0 fully saturated rings. The van der Waals surface area contributed by atoms with Crippen molar-refractivity contribution in [3.63, 3.8) is 0 Å². The first-order chi connectivity index (χ1) is 20.3. The standard InChI is InChI=1S/C18H12N3.C17H9N2O.Zn/c1-3-7-15-13(5-1)9-11-19-17(15)21-18-16-8-4-2-6-14(16)10-12-20-18;1-2-13-17(18-8-1)15-12(20-13)6-5-10-3-4-11-7-9-19-16(11)14(10)15;/h1-12H;1-9H;/q2*-1;+2. The maximum Gasteiger partial charge on any atom is 2.00 e. The fraction of sp³-hybridized carbons (Fsp3) is 0. The molecule has 5 heterocycles. The summed E-state index contributed by atoms with van der Waals surface area (Å²) in [5.74, 6) is 0.706. The number of nitrogens with zero attached hydrogens (tertiary/aromatic N) is 5. The zero-order valence-electron chi connectivity index (χ0n) is 22.5. The predicted octanol–water partition coefficient (Wildman–Crippen LogP) is 7.82. The van der Waals surface area contributed by atoms with Crippen LogP contribution in [0.25, 0.3) is 65.3 Å². The Bertz CT molecular complexity index is 2440. The Morgan fingerprint density at radius 1 is 0.548 bits per heavy atom. The molecule has 0 bridgehead atoms. The summed E-state index contributed by atoms with van der Waals surface area (Å²) < 4.78 is 5.90. The van der Waals surface area contributed by atoms with Gasteiger partial charge in [-0.1, -0.05) is 85.1 Å². The van der Waals surface area contributed by atoms with Crippen LogP contribution in [0.3, 0.4) is 0 Å². The third-order valence-electron chi connectivity index (χ3n) is 7.35. The van der Waals surface area contributed by atoms with Crippen LogP contribution in [0.5, 0.6) is 0 Å². The van der Waals surface area contributed by atoms with Crippen LogP contribution in [0.15, 0.2) is 137 Å². The van der Waals surface area contributed by atoms with Gasteiger partial charge in [-0.15, -0.1) is 5.52 Å². The van der Waals surface area contributed by atoms with E-state index >= 15 is 0 Å². The van der Waals surface area contributed by atoms with Crippen molar-refractivity contribution < 1.29 is 23.9 Å². The summed E-state index contributed by atoms with van der Waals surface area (Å²) in [5.41, 5.74) is 4.31. The van der Waals surface area contributed by atoms with Crippen LogP contribution in [-0.4, -0.2) is 9.97 Å². The maximum atomic E-state index is 5.90. The second-order valence-electron chi connectivity index (χ2n) is 9.76. The minimum absolute atomic E-state index is 0. The Labute approximate surface area is 252 Å². The molecule has 194 valence electrons. The largest absolute Gasteiger partial charge is 2.00 e. The van der Waals surface area contributed by atoms with Gasteiger partial charge < -0.3 is 19.4 Å². The molecule has 9 aromatic rings. The fourth-order valence-electron chi connectivity index (χ4n) is 5.45. The maximum absolute atomic E-state index is 5.90. The van der Waals surface area contributed by atoms with Crippen LogP contribution >= 0.6 is 0 Å². The summed E-state index contributed by atoms with van der Waals surface area (Å²) in [6.07, 6.45) is 7.21. The first-order valence-electron chi connectivity index (χ1n) is 13.3. The Morgan fingerprint density at radius 3 is 2.19 bits per heavy atom. The van der Waals surface area contributed by atoms with Crippen LogP contribution in [-0.2, 0) is 19.5 Å². The van der Waals surface area contributed by atoms with Gasteiger partial charge in [-0.3, -0.25) is 9.97 Å². The van der Waals surface area contributed by atoms with Crippen LogP contribution < -0.4 is 15.5 Å². The SMILES string of the molecule is [Zn+2].c1ccc2c(N=c3[n-]ccc4ccccc34)nccc2c1.c1cnc2c(c1)oc1ccc3ccc4cc[n-]c4c3c12. The summed E-state index contributed by atoms with van der Waals surface area (Å²) in [6.45, 7) is 0. The molecule has 0 aliphatic carbocycles. The minimum atomic E-state index is 0. The molecule has 0 saturated heterocycles. The van der Waals surface area contributed by atoms with Gasteiger partial charge >= 0.3 is 19.5 Å². The van der Waals surface area contributed by atoms with E-state index < -0.39 is 0 Å². The average molecular weight is 593 g/mol. The topological polar surface area (TPSA) is 79.5 Å². The van der Waals surface area contributed by atoms with Crippen molar-refractivity contribution in [2.45, 2.75) is 0 Å². The molecule has 0 unspecified atom stereocenters. The summed E-state index contributed by atoms with van der Waals surface area (Å²) in [7, 11) is 0. The smallest absolute Gasteiger partial charge is 0.663 e. The van der Waals surface area contributed by atoms with E-state index in [4.69, 9.17) is 4.42 Å². The summed E-state index contributed by atoms with van der Waals surface area (Å²) in [5, 5.41) is 8.83. The molecular formula is C35H21N5OZn. The van der Waals surface area contributed by atoms with Crippen molar-refractivity contribution in [3.05, 3.63) is 133 Å². The molecule has 6 nitrogen and oxygen atoms in total. The monoisotopic (exact) mass is 591 g/mol. The van der Waals surface area contributed by atoms with Gasteiger partial charge in [-0.05, 0) is 62.1 Å². The third kappa shape index (κ3) is 4.35. The van der Waals surface area contributed by atoms with E-state index in [2.05, 4.69) is 55.3 Å². The van der Waals surface area contributed by atoms with Crippen molar-refractivity contribution in [2.24, 2.45) is 4.99 Å². The Morgan fingerprint density at radius 2 is 1.29 bits per heavy atom. The van der Waals surface area contributed by atoms with E-state index in [9.17, 15) is 0 Å². The van der Waals surface area contributed by atoms with Crippen LogP contribution in [0.2, 0.25) is 0 Å². The van der Waals surface area contributed by atoms with Crippen molar-refractivity contribution in [1.29, 1.82) is 0 Å². The Hall–Kier alpha value is -5.13. The van der Waals surface area contributed by atoms with Crippen molar-refractivity contribution in [3.8, 4) is 0 Å². The number of benzene rings is 4. The van der Waals surface area contributed by atoms with E-state index in [1.54, 1.807) is 18.6 Å². The molecular weight excluding hydrogens is 572 g/mol. The number of aromatic nitrogens is 4. The van der Waals surface area contributed by atoms with Crippen LogP contribution in [0, 0.1) is 0 Å². The first kappa shape index (κ1) is 25.8. The molecule has 4 aromatic carbocycles. The molecule has 0 aliphatic rings. The van der Waals surface area contributed by atoms with E-state index in [0.717, 1.165) is 65.3 Å². The molecule has 0 spiro atoms. The van der Waals surface area contributed by atoms with Crippen molar-refractivity contribution in [2.75, 3.05) is 0 Å². The molecule has 0 atom stereocenters. The van der Waals surface area contributed by atoms with Gasteiger partial charge in [0.2, 0.25) is 0 Å². The fourth-order valence-corrected chi connectivity index (χ4v) is 5.45. The number of furan rings is 1. The quantitative estimate of drug-likeness (QED) is 0.182. The third-order valence-corrected chi connectivity index (χ3v) is 7.35. The molecule has 7 heteroatoms. The second kappa shape index (κ2) is 10.7. The van der Waals surface area contributed by atoms with Crippen LogP contribution in [0.4, 0.5) is 5.82 Å². The van der Waals surface area contributed by atoms with Gasteiger partial charge in [-0.25, -0.2) is 0 Å². The van der Waals surface area contributed by atoms with Gasteiger partial charge in [0.05, 0.1) is 11.2 Å². The number of pyridine rings is 3. The number of hydrogen-bond acceptors (Lipinski definition) is 4.